The van der Waals surface area contributed by atoms with Crippen molar-refractivity contribution in [1.29, 1.82) is 0 Å². The van der Waals surface area contributed by atoms with Crippen molar-refractivity contribution in [3.8, 4) is 0 Å². The number of carbonyl (C=O) groups is 1. The van der Waals surface area contributed by atoms with Crippen molar-refractivity contribution in [3.05, 3.63) is 21.9 Å². The molecular weight excluding hydrogens is 250 g/mol. The quantitative estimate of drug-likeness (QED) is 0.767. The Morgan fingerprint density at radius 2 is 2.28 bits per heavy atom. The van der Waals surface area contributed by atoms with E-state index in [2.05, 4.69) is 19.1 Å². The summed E-state index contributed by atoms with van der Waals surface area (Å²) in [5, 5.41) is 0. The fraction of sp³-hybridized carbons (Fsp3) is 0.615. The Bertz CT molecular complexity index is 459. The van der Waals surface area contributed by atoms with Gasteiger partial charge in [-0.2, -0.15) is 0 Å². The average Bonchev–Trinajstić information content (AvgIpc) is 2.94. The maximum absolute atomic E-state index is 12.1. The Hall–Kier alpha value is -0.910. The number of epoxide rings is 1. The van der Waals surface area contributed by atoms with Gasteiger partial charge in [0.2, 0.25) is 0 Å². The Kier molecular flexibility index (Phi) is 3.13. The number of thiophene rings is 1. The maximum Gasteiger partial charge on any atom is 0.254 e. The molecule has 0 aliphatic carbocycles. The van der Waals surface area contributed by atoms with E-state index in [1.165, 1.54) is 9.75 Å². The summed E-state index contributed by atoms with van der Waals surface area (Å²) in [7, 11) is 0. The normalized spacial score (nSPS) is 31.4. The van der Waals surface area contributed by atoms with Gasteiger partial charge < -0.3 is 14.4 Å². The summed E-state index contributed by atoms with van der Waals surface area (Å²) >= 11 is 1.74. The Balaban J connectivity index is 1.66. The molecule has 2 aliphatic heterocycles. The van der Waals surface area contributed by atoms with Gasteiger partial charge in [0.15, 0.2) is 6.10 Å². The minimum Gasteiger partial charge on any atom is -0.369 e. The number of nitrogens with zero attached hydrogens (tertiary/aromatic N) is 1. The molecule has 5 heteroatoms. The first-order valence-corrected chi connectivity index (χ1v) is 7.09. The number of morpholine rings is 1. The van der Waals surface area contributed by atoms with Crippen molar-refractivity contribution >= 4 is 17.2 Å². The molecule has 3 rings (SSSR count). The van der Waals surface area contributed by atoms with E-state index >= 15 is 0 Å². The van der Waals surface area contributed by atoms with Crippen molar-refractivity contribution in [2.24, 2.45) is 0 Å². The fourth-order valence-electron chi connectivity index (χ4n) is 2.27. The summed E-state index contributed by atoms with van der Waals surface area (Å²) in [6.45, 7) is 5.94. The van der Waals surface area contributed by atoms with Crippen LogP contribution in [0, 0.1) is 6.92 Å². The first-order chi connectivity index (χ1) is 8.65. The Morgan fingerprint density at radius 3 is 2.89 bits per heavy atom. The van der Waals surface area contributed by atoms with E-state index in [4.69, 9.17) is 9.47 Å². The molecule has 0 aromatic carbocycles. The molecule has 98 valence electrons. The highest BCUT2D eigenvalue weighted by atomic mass is 32.1. The zero-order valence-electron chi connectivity index (χ0n) is 10.6. The number of hydrogen-bond donors (Lipinski definition) is 0. The van der Waals surface area contributed by atoms with Crippen LogP contribution in [0.4, 0.5) is 0 Å². The van der Waals surface area contributed by atoms with Gasteiger partial charge in [-0.15, -0.1) is 11.3 Å². The van der Waals surface area contributed by atoms with E-state index in [-0.39, 0.29) is 24.2 Å². The summed E-state index contributed by atoms with van der Waals surface area (Å²) in [6.07, 6.45) is -0.105. The number of hydrogen-bond acceptors (Lipinski definition) is 4. The lowest BCUT2D eigenvalue weighted by atomic mass is 10.2. The average molecular weight is 267 g/mol. The summed E-state index contributed by atoms with van der Waals surface area (Å²) in [6, 6.07) is 4.19. The second kappa shape index (κ2) is 4.64. The van der Waals surface area contributed by atoms with Crippen molar-refractivity contribution in [3.63, 3.8) is 0 Å². The van der Waals surface area contributed by atoms with Crippen LogP contribution in [0.25, 0.3) is 0 Å². The van der Waals surface area contributed by atoms with E-state index in [1.54, 1.807) is 11.3 Å². The molecule has 0 N–H and O–H groups in total. The Morgan fingerprint density at radius 1 is 1.50 bits per heavy atom. The van der Waals surface area contributed by atoms with Crippen molar-refractivity contribution in [2.45, 2.75) is 32.2 Å². The molecule has 1 amide bonds. The minimum absolute atomic E-state index is 0.0236. The lowest BCUT2D eigenvalue weighted by molar-refractivity contribution is -0.140. The molecule has 1 aromatic heterocycles. The molecule has 3 heterocycles. The van der Waals surface area contributed by atoms with Crippen molar-refractivity contribution in [1.82, 2.24) is 4.90 Å². The highest BCUT2D eigenvalue weighted by molar-refractivity contribution is 7.12. The number of ether oxygens (including phenoxy) is 2. The van der Waals surface area contributed by atoms with Crippen LogP contribution < -0.4 is 0 Å². The largest absolute Gasteiger partial charge is 0.369 e. The molecular formula is C13H17NO3S. The zero-order valence-corrected chi connectivity index (χ0v) is 11.4. The molecule has 4 nitrogen and oxygen atoms in total. The van der Waals surface area contributed by atoms with Gasteiger partial charge in [-0.1, -0.05) is 0 Å². The molecule has 0 radical (unpaired) electrons. The molecule has 0 spiro atoms. The lowest BCUT2D eigenvalue weighted by Crippen LogP contribution is -2.44. The predicted molar refractivity (Wildman–Crippen MR) is 68.7 cm³/mol. The van der Waals surface area contributed by atoms with Crippen LogP contribution >= 0.6 is 11.3 Å². The van der Waals surface area contributed by atoms with Gasteiger partial charge in [0.1, 0.15) is 6.10 Å². The highest BCUT2D eigenvalue weighted by Gasteiger charge is 2.44. The third-order valence-electron chi connectivity index (χ3n) is 3.41. The summed E-state index contributed by atoms with van der Waals surface area (Å²) in [5.41, 5.74) is 0. The van der Waals surface area contributed by atoms with E-state index in [0.717, 1.165) is 0 Å². The van der Waals surface area contributed by atoms with Gasteiger partial charge >= 0.3 is 0 Å². The standard InChI is InChI=1S/C13H17NO3S/c1-8-3-4-11(18-8)10-7-14(5-6-16-10)13(15)12-9(2)17-12/h3-4,9-10,12H,5-7H2,1-2H3/t9-,10?,12+/m0/s1. The van der Waals surface area contributed by atoms with Gasteiger partial charge in [0.05, 0.1) is 19.3 Å². The van der Waals surface area contributed by atoms with Crippen LogP contribution in [-0.2, 0) is 14.3 Å². The third kappa shape index (κ3) is 2.30. The van der Waals surface area contributed by atoms with Gasteiger partial charge in [-0.05, 0) is 26.0 Å². The first kappa shape index (κ1) is 12.1. The molecule has 18 heavy (non-hydrogen) atoms. The van der Waals surface area contributed by atoms with Crippen LogP contribution in [0.1, 0.15) is 22.8 Å². The van der Waals surface area contributed by atoms with E-state index in [9.17, 15) is 4.79 Å². The number of amides is 1. The Labute approximate surface area is 110 Å². The van der Waals surface area contributed by atoms with Crippen LogP contribution in [0.5, 0.6) is 0 Å². The minimum atomic E-state index is -0.214. The predicted octanol–water partition coefficient (Wildman–Crippen LogP) is 1.74. The molecule has 2 aliphatic rings. The first-order valence-electron chi connectivity index (χ1n) is 6.27. The molecule has 3 atom stereocenters. The highest BCUT2D eigenvalue weighted by Crippen LogP contribution is 2.30. The van der Waals surface area contributed by atoms with Crippen LogP contribution in [0.2, 0.25) is 0 Å². The SMILES string of the molecule is Cc1ccc(C2CN(C(=O)[C@@H]3O[C@H]3C)CCO2)s1. The summed E-state index contributed by atoms with van der Waals surface area (Å²) in [4.78, 5) is 16.5. The third-order valence-corrected chi connectivity index (χ3v) is 4.50. The summed E-state index contributed by atoms with van der Waals surface area (Å²) in [5.74, 6) is 0.115. The number of rotatable bonds is 2. The van der Waals surface area contributed by atoms with E-state index < -0.39 is 0 Å². The molecule has 0 saturated carbocycles. The van der Waals surface area contributed by atoms with Gasteiger partial charge in [0, 0.05) is 16.3 Å². The van der Waals surface area contributed by atoms with Crippen LogP contribution in [0.3, 0.4) is 0 Å². The molecule has 0 bridgehead atoms. The zero-order chi connectivity index (χ0) is 12.7. The second-order valence-corrected chi connectivity index (χ2v) is 6.17. The van der Waals surface area contributed by atoms with Gasteiger partial charge in [0.25, 0.3) is 5.91 Å². The van der Waals surface area contributed by atoms with E-state index in [1.807, 2.05) is 11.8 Å². The lowest BCUT2D eigenvalue weighted by Gasteiger charge is -2.32. The number of carbonyl (C=O) groups excluding carboxylic acids is 1. The van der Waals surface area contributed by atoms with Gasteiger partial charge in [-0.25, -0.2) is 0 Å². The second-order valence-electron chi connectivity index (χ2n) is 4.85. The van der Waals surface area contributed by atoms with Crippen molar-refractivity contribution < 1.29 is 14.3 Å². The van der Waals surface area contributed by atoms with Gasteiger partial charge in [-0.3, -0.25) is 4.79 Å². The maximum atomic E-state index is 12.1. The smallest absolute Gasteiger partial charge is 0.254 e. The molecule has 1 aromatic rings. The molecule has 1 unspecified atom stereocenters. The fourth-order valence-corrected chi connectivity index (χ4v) is 3.19. The van der Waals surface area contributed by atoms with Crippen LogP contribution in [-0.4, -0.2) is 42.7 Å². The molecule has 2 fully saturated rings. The molecule has 2 saturated heterocycles. The number of aryl methyl sites for hydroxylation is 1. The van der Waals surface area contributed by atoms with Crippen molar-refractivity contribution in [2.75, 3.05) is 19.7 Å². The van der Waals surface area contributed by atoms with E-state index in [0.29, 0.717) is 19.7 Å². The monoisotopic (exact) mass is 267 g/mol. The summed E-state index contributed by atoms with van der Waals surface area (Å²) < 4.78 is 11.0. The van der Waals surface area contributed by atoms with Crippen LogP contribution in [0.15, 0.2) is 12.1 Å². The topological polar surface area (TPSA) is 42.1 Å².